The summed E-state index contributed by atoms with van der Waals surface area (Å²) in [6.45, 7) is 2.34. The van der Waals surface area contributed by atoms with E-state index in [4.69, 9.17) is 0 Å². The molecule has 1 N–H and O–H groups in total. The Hall–Kier alpha value is -0.990. The maximum atomic E-state index is 4.16. The number of hydrogen-bond donors (Lipinski definition) is 1. The molecular weight excluding hydrogens is 174 g/mol. The summed E-state index contributed by atoms with van der Waals surface area (Å²) in [5.41, 5.74) is 1.16. The summed E-state index contributed by atoms with van der Waals surface area (Å²) < 4.78 is 1.84. The first-order chi connectivity index (χ1) is 6.74. The van der Waals surface area contributed by atoms with E-state index in [2.05, 4.69) is 17.3 Å². The fraction of sp³-hybridized carbons (Fsp3) is 0.727. The molecule has 1 aliphatic carbocycles. The lowest BCUT2D eigenvalue weighted by atomic mass is 9.87. The average molecular weight is 193 g/mol. The van der Waals surface area contributed by atoms with Crippen LogP contribution in [0.3, 0.4) is 0 Å². The van der Waals surface area contributed by atoms with Crippen molar-refractivity contribution < 1.29 is 0 Å². The van der Waals surface area contributed by atoms with E-state index in [9.17, 15) is 0 Å². The fourth-order valence-corrected chi connectivity index (χ4v) is 2.30. The maximum Gasteiger partial charge on any atom is 0.0728 e. The maximum absolute atomic E-state index is 4.16. The van der Waals surface area contributed by atoms with Crippen molar-refractivity contribution in [1.29, 1.82) is 0 Å². The molecule has 0 aromatic carbocycles. The largest absolute Gasteiger partial charge is 0.380 e. The molecule has 78 valence electrons. The molecule has 0 radical (unpaired) electrons. The van der Waals surface area contributed by atoms with Gasteiger partial charge in [-0.15, -0.1) is 0 Å². The van der Waals surface area contributed by atoms with Crippen molar-refractivity contribution in [3.8, 4) is 0 Å². The Morgan fingerprint density at radius 3 is 3.00 bits per heavy atom. The summed E-state index contributed by atoms with van der Waals surface area (Å²) in [5.74, 6) is 0.873. The molecule has 0 bridgehead atoms. The number of aromatic nitrogens is 2. The van der Waals surface area contributed by atoms with Gasteiger partial charge in [-0.3, -0.25) is 4.68 Å². The van der Waals surface area contributed by atoms with E-state index >= 15 is 0 Å². The molecule has 0 spiro atoms. The second-order valence-corrected chi connectivity index (χ2v) is 4.52. The molecule has 2 rings (SSSR count). The molecule has 0 unspecified atom stereocenters. The molecule has 1 saturated carbocycles. The third kappa shape index (κ3) is 2.28. The third-order valence-corrected chi connectivity index (χ3v) is 3.01. The lowest BCUT2D eigenvalue weighted by Crippen LogP contribution is -2.25. The van der Waals surface area contributed by atoms with Gasteiger partial charge in [-0.1, -0.05) is 19.8 Å². The number of anilines is 1. The lowest BCUT2D eigenvalue weighted by Gasteiger charge is -2.27. The number of aryl methyl sites for hydroxylation is 1. The predicted octanol–water partition coefficient (Wildman–Crippen LogP) is 2.41. The van der Waals surface area contributed by atoms with Crippen LogP contribution in [-0.2, 0) is 7.05 Å². The zero-order valence-electron chi connectivity index (χ0n) is 9.03. The summed E-state index contributed by atoms with van der Waals surface area (Å²) in [6, 6.07) is 0.656. The van der Waals surface area contributed by atoms with Crippen LogP contribution in [0.15, 0.2) is 12.4 Å². The minimum Gasteiger partial charge on any atom is -0.380 e. The minimum absolute atomic E-state index is 0.656. The Morgan fingerprint density at radius 2 is 2.36 bits per heavy atom. The summed E-state index contributed by atoms with van der Waals surface area (Å²) in [7, 11) is 1.95. The van der Waals surface area contributed by atoms with E-state index in [1.54, 1.807) is 0 Å². The SMILES string of the molecule is C[C@@H]1CCC[C@H](Nc2cnn(C)c2)C1. The summed E-state index contributed by atoms with van der Waals surface area (Å²) in [5, 5.41) is 7.70. The van der Waals surface area contributed by atoms with Crippen LogP contribution in [0.2, 0.25) is 0 Å². The summed E-state index contributed by atoms with van der Waals surface area (Å²) in [4.78, 5) is 0. The number of rotatable bonds is 2. The van der Waals surface area contributed by atoms with Gasteiger partial charge >= 0.3 is 0 Å². The second-order valence-electron chi connectivity index (χ2n) is 4.52. The van der Waals surface area contributed by atoms with Crippen molar-refractivity contribution in [1.82, 2.24) is 9.78 Å². The highest BCUT2D eigenvalue weighted by atomic mass is 15.3. The third-order valence-electron chi connectivity index (χ3n) is 3.01. The molecule has 3 nitrogen and oxygen atoms in total. The second kappa shape index (κ2) is 4.03. The van der Waals surface area contributed by atoms with Crippen LogP contribution in [0.1, 0.15) is 32.6 Å². The van der Waals surface area contributed by atoms with E-state index in [-0.39, 0.29) is 0 Å². The molecule has 0 saturated heterocycles. The zero-order valence-corrected chi connectivity index (χ0v) is 9.03. The molecule has 1 aliphatic rings. The van der Waals surface area contributed by atoms with Crippen molar-refractivity contribution in [3.05, 3.63) is 12.4 Å². The van der Waals surface area contributed by atoms with Crippen LogP contribution in [0.5, 0.6) is 0 Å². The highest BCUT2D eigenvalue weighted by Gasteiger charge is 2.18. The van der Waals surface area contributed by atoms with Crippen LogP contribution in [0.4, 0.5) is 5.69 Å². The monoisotopic (exact) mass is 193 g/mol. The quantitative estimate of drug-likeness (QED) is 0.781. The average Bonchev–Trinajstić information content (AvgIpc) is 2.51. The van der Waals surface area contributed by atoms with Gasteiger partial charge in [-0.05, 0) is 18.8 Å². The predicted molar refractivity (Wildman–Crippen MR) is 58.3 cm³/mol. The van der Waals surface area contributed by atoms with Gasteiger partial charge in [-0.2, -0.15) is 5.10 Å². The Balaban J connectivity index is 1.90. The molecule has 2 atom stereocenters. The van der Waals surface area contributed by atoms with Gasteiger partial charge < -0.3 is 5.32 Å². The molecular formula is C11H19N3. The smallest absolute Gasteiger partial charge is 0.0728 e. The van der Waals surface area contributed by atoms with Crippen LogP contribution >= 0.6 is 0 Å². The fourth-order valence-electron chi connectivity index (χ4n) is 2.30. The minimum atomic E-state index is 0.656. The molecule has 14 heavy (non-hydrogen) atoms. The van der Waals surface area contributed by atoms with Crippen molar-refractivity contribution >= 4 is 5.69 Å². The van der Waals surface area contributed by atoms with E-state index in [0.717, 1.165) is 11.6 Å². The first-order valence-corrected chi connectivity index (χ1v) is 5.49. The molecule has 1 aromatic rings. The Bertz CT molecular complexity index is 292. The molecule has 0 amide bonds. The van der Waals surface area contributed by atoms with Crippen molar-refractivity contribution in [3.63, 3.8) is 0 Å². The van der Waals surface area contributed by atoms with Crippen LogP contribution < -0.4 is 5.32 Å². The molecule has 3 heteroatoms. The standard InChI is InChI=1S/C11H19N3/c1-9-4-3-5-10(6-9)13-11-7-12-14(2)8-11/h7-10,13H,3-6H2,1-2H3/t9-,10+/m1/s1. The van der Waals surface area contributed by atoms with Crippen molar-refractivity contribution in [2.45, 2.75) is 38.6 Å². The first-order valence-electron chi connectivity index (χ1n) is 5.49. The lowest BCUT2D eigenvalue weighted by molar-refractivity contribution is 0.358. The number of nitrogens with zero attached hydrogens (tertiary/aromatic N) is 2. The van der Waals surface area contributed by atoms with Crippen LogP contribution in [-0.4, -0.2) is 15.8 Å². The normalized spacial score (nSPS) is 27.6. The number of nitrogens with one attached hydrogen (secondary N) is 1. The van der Waals surface area contributed by atoms with E-state index < -0.39 is 0 Å². The van der Waals surface area contributed by atoms with Gasteiger partial charge in [0, 0.05) is 19.3 Å². The van der Waals surface area contributed by atoms with Gasteiger partial charge in [0.1, 0.15) is 0 Å². The molecule has 1 aromatic heterocycles. The van der Waals surface area contributed by atoms with Crippen LogP contribution in [0, 0.1) is 5.92 Å². The van der Waals surface area contributed by atoms with Crippen molar-refractivity contribution in [2.75, 3.05) is 5.32 Å². The van der Waals surface area contributed by atoms with Gasteiger partial charge in [-0.25, -0.2) is 0 Å². The summed E-state index contributed by atoms with van der Waals surface area (Å²) >= 11 is 0. The zero-order chi connectivity index (χ0) is 9.97. The van der Waals surface area contributed by atoms with Crippen molar-refractivity contribution in [2.24, 2.45) is 13.0 Å². The molecule has 1 fully saturated rings. The topological polar surface area (TPSA) is 29.9 Å². The Kier molecular flexibility index (Phi) is 2.75. The van der Waals surface area contributed by atoms with E-state index in [0.29, 0.717) is 6.04 Å². The number of hydrogen-bond acceptors (Lipinski definition) is 2. The Labute approximate surface area is 85.5 Å². The summed E-state index contributed by atoms with van der Waals surface area (Å²) in [6.07, 6.45) is 9.30. The first kappa shape index (κ1) is 9.56. The molecule has 1 heterocycles. The van der Waals surface area contributed by atoms with Crippen LogP contribution in [0.25, 0.3) is 0 Å². The van der Waals surface area contributed by atoms with E-state index in [1.165, 1.54) is 25.7 Å². The molecule has 0 aliphatic heterocycles. The van der Waals surface area contributed by atoms with Gasteiger partial charge in [0.15, 0.2) is 0 Å². The van der Waals surface area contributed by atoms with Gasteiger partial charge in [0.2, 0.25) is 0 Å². The Morgan fingerprint density at radius 1 is 1.50 bits per heavy atom. The highest BCUT2D eigenvalue weighted by Crippen LogP contribution is 2.25. The van der Waals surface area contributed by atoms with Gasteiger partial charge in [0.25, 0.3) is 0 Å². The van der Waals surface area contributed by atoms with Gasteiger partial charge in [0.05, 0.1) is 11.9 Å². The highest BCUT2D eigenvalue weighted by molar-refractivity contribution is 5.39. The van der Waals surface area contributed by atoms with E-state index in [1.807, 2.05) is 24.1 Å².